The van der Waals surface area contributed by atoms with Gasteiger partial charge in [-0.1, -0.05) is 30.3 Å². The Morgan fingerprint density at radius 2 is 1.71 bits per heavy atom. The molecule has 3 rings (SSSR count). The van der Waals surface area contributed by atoms with E-state index in [0.717, 1.165) is 11.3 Å². The van der Waals surface area contributed by atoms with E-state index in [1.54, 1.807) is 18.2 Å². The third kappa shape index (κ3) is 5.81. The lowest BCUT2D eigenvalue weighted by Gasteiger charge is -2.21. The molecule has 0 spiro atoms. The predicted molar refractivity (Wildman–Crippen MR) is 111 cm³/mol. The molecule has 1 aromatic heterocycles. The monoisotopic (exact) mass is 376 g/mol. The molecule has 0 fully saturated rings. The molecule has 2 N–H and O–H groups in total. The molecule has 144 valence electrons. The molecule has 0 aliphatic carbocycles. The quantitative estimate of drug-likeness (QED) is 0.661. The van der Waals surface area contributed by atoms with E-state index in [1.165, 1.54) is 6.33 Å². The van der Waals surface area contributed by atoms with Gasteiger partial charge >= 0.3 is 0 Å². The highest BCUT2D eigenvalue weighted by Gasteiger charge is 2.13. The van der Waals surface area contributed by atoms with Gasteiger partial charge in [-0.25, -0.2) is 9.97 Å². The zero-order valence-corrected chi connectivity index (χ0v) is 16.3. The molecule has 3 aromatic rings. The molecule has 0 radical (unpaired) electrons. The number of benzene rings is 2. The minimum Gasteiger partial charge on any atom is -0.489 e. The van der Waals surface area contributed by atoms with Gasteiger partial charge in [0.25, 0.3) is 5.91 Å². The molecule has 0 saturated carbocycles. The molecule has 28 heavy (non-hydrogen) atoms. The van der Waals surface area contributed by atoms with Crippen molar-refractivity contribution in [1.29, 1.82) is 0 Å². The number of anilines is 2. The van der Waals surface area contributed by atoms with Crippen LogP contribution >= 0.6 is 0 Å². The molecule has 0 unspecified atom stereocenters. The SMILES string of the molecule is CC(C)(C)Nc1cc(C(=O)Nc2ccc(OCc3ccccc3)cc2)ncn1. The maximum absolute atomic E-state index is 12.5. The number of amides is 1. The number of nitrogens with one attached hydrogen (secondary N) is 2. The number of hydrogen-bond donors (Lipinski definition) is 2. The van der Waals surface area contributed by atoms with Crippen LogP contribution in [0.3, 0.4) is 0 Å². The van der Waals surface area contributed by atoms with Crippen molar-refractivity contribution in [2.75, 3.05) is 10.6 Å². The number of carbonyl (C=O) groups excluding carboxylic acids is 1. The highest BCUT2D eigenvalue weighted by atomic mass is 16.5. The first-order valence-electron chi connectivity index (χ1n) is 9.07. The van der Waals surface area contributed by atoms with Crippen molar-refractivity contribution in [1.82, 2.24) is 9.97 Å². The van der Waals surface area contributed by atoms with Crippen LogP contribution in [0.4, 0.5) is 11.5 Å². The second-order valence-electron chi connectivity index (χ2n) is 7.42. The lowest BCUT2D eigenvalue weighted by Crippen LogP contribution is -2.27. The summed E-state index contributed by atoms with van der Waals surface area (Å²) < 4.78 is 5.76. The van der Waals surface area contributed by atoms with Gasteiger partial charge in [-0.3, -0.25) is 4.79 Å². The van der Waals surface area contributed by atoms with Crippen LogP contribution in [0.15, 0.2) is 67.0 Å². The summed E-state index contributed by atoms with van der Waals surface area (Å²) in [4.78, 5) is 20.7. The lowest BCUT2D eigenvalue weighted by molar-refractivity contribution is 0.102. The maximum atomic E-state index is 12.5. The first-order valence-corrected chi connectivity index (χ1v) is 9.07. The summed E-state index contributed by atoms with van der Waals surface area (Å²) in [5.74, 6) is 1.05. The summed E-state index contributed by atoms with van der Waals surface area (Å²) in [6.45, 7) is 6.57. The Morgan fingerprint density at radius 3 is 2.39 bits per heavy atom. The Kier molecular flexibility index (Phi) is 5.89. The summed E-state index contributed by atoms with van der Waals surface area (Å²) in [7, 11) is 0. The van der Waals surface area contributed by atoms with Crippen LogP contribution in [0.1, 0.15) is 36.8 Å². The number of ether oxygens (including phenoxy) is 1. The summed E-state index contributed by atoms with van der Waals surface area (Å²) in [5, 5.41) is 6.06. The molecule has 0 atom stereocenters. The topological polar surface area (TPSA) is 76.1 Å². The zero-order chi connectivity index (χ0) is 20.0. The molecular formula is C22H24N4O2. The van der Waals surface area contributed by atoms with E-state index in [-0.39, 0.29) is 11.4 Å². The predicted octanol–water partition coefficient (Wildman–Crippen LogP) is 4.52. The average Bonchev–Trinajstić information content (AvgIpc) is 2.67. The Hall–Kier alpha value is -3.41. The van der Waals surface area contributed by atoms with E-state index in [1.807, 2.05) is 63.2 Å². The summed E-state index contributed by atoms with van der Waals surface area (Å²) in [6.07, 6.45) is 1.38. The van der Waals surface area contributed by atoms with Crippen molar-refractivity contribution in [2.24, 2.45) is 0 Å². The lowest BCUT2D eigenvalue weighted by atomic mass is 10.1. The van der Waals surface area contributed by atoms with Crippen LogP contribution in [0.2, 0.25) is 0 Å². The van der Waals surface area contributed by atoms with Crippen molar-refractivity contribution in [3.63, 3.8) is 0 Å². The highest BCUT2D eigenvalue weighted by molar-refractivity contribution is 6.03. The Labute approximate surface area is 165 Å². The third-order valence-electron chi connectivity index (χ3n) is 3.76. The minimum absolute atomic E-state index is 0.155. The van der Waals surface area contributed by atoms with Crippen LogP contribution in [0.25, 0.3) is 0 Å². The summed E-state index contributed by atoms with van der Waals surface area (Å²) in [6, 6.07) is 18.8. The maximum Gasteiger partial charge on any atom is 0.274 e. The minimum atomic E-state index is -0.294. The van der Waals surface area contributed by atoms with E-state index < -0.39 is 0 Å². The molecule has 0 aliphatic rings. The van der Waals surface area contributed by atoms with Crippen molar-refractivity contribution >= 4 is 17.4 Å². The smallest absolute Gasteiger partial charge is 0.274 e. The fraction of sp³-hybridized carbons (Fsp3) is 0.227. The van der Waals surface area contributed by atoms with Crippen molar-refractivity contribution in [2.45, 2.75) is 32.9 Å². The normalized spacial score (nSPS) is 11.0. The van der Waals surface area contributed by atoms with Gasteiger partial charge in [0.1, 0.15) is 30.2 Å². The Morgan fingerprint density at radius 1 is 1.00 bits per heavy atom. The molecule has 6 nitrogen and oxygen atoms in total. The molecule has 1 amide bonds. The van der Waals surface area contributed by atoms with Crippen LogP contribution in [-0.4, -0.2) is 21.4 Å². The van der Waals surface area contributed by atoms with Crippen LogP contribution in [-0.2, 0) is 6.61 Å². The largest absolute Gasteiger partial charge is 0.489 e. The van der Waals surface area contributed by atoms with Gasteiger partial charge in [0.15, 0.2) is 0 Å². The highest BCUT2D eigenvalue weighted by Crippen LogP contribution is 2.18. The number of nitrogens with zero attached hydrogens (tertiary/aromatic N) is 2. The van der Waals surface area contributed by atoms with Crippen LogP contribution in [0, 0.1) is 0 Å². The average molecular weight is 376 g/mol. The van der Waals surface area contributed by atoms with E-state index >= 15 is 0 Å². The Balaban J connectivity index is 1.59. The van der Waals surface area contributed by atoms with Crippen molar-refractivity contribution < 1.29 is 9.53 Å². The first-order chi connectivity index (χ1) is 13.4. The van der Waals surface area contributed by atoms with E-state index in [4.69, 9.17) is 4.74 Å². The van der Waals surface area contributed by atoms with Gasteiger partial charge in [0.05, 0.1) is 0 Å². The molecule has 0 bridgehead atoms. The number of hydrogen-bond acceptors (Lipinski definition) is 5. The molecule has 2 aromatic carbocycles. The fourth-order valence-electron chi connectivity index (χ4n) is 2.50. The van der Waals surface area contributed by atoms with E-state index in [2.05, 4.69) is 20.6 Å². The van der Waals surface area contributed by atoms with Gasteiger partial charge < -0.3 is 15.4 Å². The molecule has 0 aliphatic heterocycles. The molecule has 6 heteroatoms. The van der Waals surface area contributed by atoms with Gasteiger partial charge in [0, 0.05) is 17.3 Å². The van der Waals surface area contributed by atoms with Crippen LogP contribution < -0.4 is 15.4 Å². The standard InChI is InChI=1S/C22H24N4O2/c1-22(2,3)26-20-13-19(23-15-24-20)21(27)25-17-9-11-18(12-10-17)28-14-16-7-5-4-6-8-16/h4-13,15H,14H2,1-3H3,(H,25,27)(H,23,24,26). The van der Waals surface area contributed by atoms with Gasteiger partial charge in [-0.2, -0.15) is 0 Å². The van der Waals surface area contributed by atoms with Crippen LogP contribution in [0.5, 0.6) is 5.75 Å². The summed E-state index contributed by atoms with van der Waals surface area (Å²) in [5.41, 5.74) is 1.91. The van der Waals surface area contributed by atoms with E-state index in [9.17, 15) is 4.79 Å². The van der Waals surface area contributed by atoms with Gasteiger partial charge in [-0.05, 0) is 50.6 Å². The zero-order valence-electron chi connectivity index (χ0n) is 16.3. The van der Waals surface area contributed by atoms with Gasteiger partial charge in [-0.15, -0.1) is 0 Å². The second kappa shape index (κ2) is 8.52. The van der Waals surface area contributed by atoms with E-state index in [0.29, 0.717) is 23.8 Å². The Bertz CT molecular complexity index is 919. The summed E-state index contributed by atoms with van der Waals surface area (Å²) >= 11 is 0. The number of rotatable bonds is 6. The van der Waals surface area contributed by atoms with Crippen molar-refractivity contribution in [3.8, 4) is 5.75 Å². The number of aromatic nitrogens is 2. The second-order valence-corrected chi connectivity index (χ2v) is 7.42. The third-order valence-corrected chi connectivity index (χ3v) is 3.76. The molecule has 1 heterocycles. The molecular weight excluding hydrogens is 352 g/mol. The first kappa shape index (κ1) is 19.4. The fourth-order valence-corrected chi connectivity index (χ4v) is 2.50. The van der Waals surface area contributed by atoms with Crippen molar-refractivity contribution in [3.05, 3.63) is 78.2 Å². The molecule has 0 saturated heterocycles. The van der Waals surface area contributed by atoms with Gasteiger partial charge in [0.2, 0.25) is 0 Å². The number of carbonyl (C=O) groups is 1.